The Morgan fingerprint density at radius 3 is 2.60 bits per heavy atom. The number of hydrogen-bond donors (Lipinski definition) is 0. The summed E-state index contributed by atoms with van der Waals surface area (Å²) in [5.74, 6) is 0.336. The molecular formula is C11H9NO2S. The third kappa shape index (κ3) is 2.47. The smallest absolute Gasteiger partial charge is 0.194 e. The highest BCUT2D eigenvalue weighted by Gasteiger charge is 2.06. The summed E-state index contributed by atoms with van der Waals surface area (Å²) < 4.78 is 5.34. The van der Waals surface area contributed by atoms with E-state index in [9.17, 15) is 4.79 Å². The van der Waals surface area contributed by atoms with E-state index in [0.29, 0.717) is 10.9 Å². The van der Waals surface area contributed by atoms with Gasteiger partial charge in [-0.1, -0.05) is 11.8 Å². The zero-order chi connectivity index (χ0) is 10.7. The molecule has 0 unspecified atom stereocenters. The predicted octanol–water partition coefficient (Wildman–Crippen LogP) is 3.03. The summed E-state index contributed by atoms with van der Waals surface area (Å²) >= 11 is 1.47. The Hall–Kier alpha value is -1.55. The maximum absolute atomic E-state index is 11.0. The van der Waals surface area contributed by atoms with Gasteiger partial charge in [0.2, 0.25) is 0 Å². The van der Waals surface area contributed by atoms with E-state index in [2.05, 4.69) is 4.98 Å². The number of hydrogen-bond acceptors (Lipinski definition) is 4. The van der Waals surface area contributed by atoms with Crippen LogP contribution >= 0.6 is 11.8 Å². The number of ketones is 1. The van der Waals surface area contributed by atoms with Gasteiger partial charge < -0.3 is 4.42 Å². The van der Waals surface area contributed by atoms with Gasteiger partial charge in [0, 0.05) is 24.2 Å². The Morgan fingerprint density at radius 1 is 1.27 bits per heavy atom. The molecule has 0 saturated carbocycles. The second-order valence-electron chi connectivity index (χ2n) is 2.96. The van der Waals surface area contributed by atoms with Crippen LogP contribution in [0.2, 0.25) is 0 Å². The summed E-state index contributed by atoms with van der Waals surface area (Å²) in [6, 6.07) is 7.26. The van der Waals surface area contributed by atoms with Crippen molar-refractivity contribution in [1.29, 1.82) is 0 Å². The number of Topliss-reactive ketones (excluding diaryl/α,β-unsaturated/α-hetero) is 1. The molecule has 3 nitrogen and oxygen atoms in total. The molecule has 0 spiro atoms. The Balaban J connectivity index is 2.15. The first-order valence-electron chi connectivity index (χ1n) is 4.44. The van der Waals surface area contributed by atoms with Gasteiger partial charge in [0.05, 0.1) is 0 Å². The number of furan rings is 1. The lowest BCUT2D eigenvalue weighted by Gasteiger charge is -1.95. The zero-order valence-corrected chi connectivity index (χ0v) is 8.95. The van der Waals surface area contributed by atoms with Crippen molar-refractivity contribution in [2.75, 3.05) is 0 Å². The van der Waals surface area contributed by atoms with Crippen LogP contribution in [-0.2, 0) is 0 Å². The summed E-state index contributed by atoms with van der Waals surface area (Å²) in [4.78, 5) is 16.0. The quantitative estimate of drug-likeness (QED) is 0.744. The van der Waals surface area contributed by atoms with E-state index in [1.165, 1.54) is 18.7 Å². The molecule has 0 saturated heterocycles. The third-order valence-corrected chi connectivity index (χ3v) is 2.72. The van der Waals surface area contributed by atoms with Gasteiger partial charge in [-0.15, -0.1) is 0 Å². The van der Waals surface area contributed by atoms with Gasteiger partial charge in [0.25, 0.3) is 0 Å². The molecule has 2 rings (SSSR count). The van der Waals surface area contributed by atoms with Crippen molar-refractivity contribution < 1.29 is 9.21 Å². The van der Waals surface area contributed by atoms with E-state index in [1.54, 1.807) is 24.5 Å². The van der Waals surface area contributed by atoms with Crippen molar-refractivity contribution in [3.8, 4) is 0 Å². The zero-order valence-electron chi connectivity index (χ0n) is 8.14. The number of rotatable bonds is 3. The van der Waals surface area contributed by atoms with Crippen LogP contribution in [-0.4, -0.2) is 10.8 Å². The first-order chi connectivity index (χ1) is 7.25. The van der Waals surface area contributed by atoms with Crippen LogP contribution in [0.3, 0.4) is 0 Å². The average Bonchev–Trinajstić information content (AvgIpc) is 2.68. The van der Waals surface area contributed by atoms with E-state index >= 15 is 0 Å². The van der Waals surface area contributed by atoms with E-state index < -0.39 is 0 Å². The number of carbonyl (C=O) groups is 1. The molecule has 0 aliphatic heterocycles. The third-order valence-electron chi connectivity index (χ3n) is 1.80. The minimum absolute atomic E-state index is 0.0587. The van der Waals surface area contributed by atoms with Crippen LogP contribution in [0.1, 0.15) is 17.5 Å². The minimum Gasteiger partial charge on any atom is -0.446 e. The van der Waals surface area contributed by atoms with Gasteiger partial charge in [0.1, 0.15) is 0 Å². The number of pyridine rings is 1. The molecule has 2 heterocycles. The molecular weight excluding hydrogens is 210 g/mol. The van der Waals surface area contributed by atoms with Gasteiger partial charge in [-0.05, 0) is 24.3 Å². The number of carbonyl (C=O) groups excluding carboxylic acids is 1. The van der Waals surface area contributed by atoms with Crippen molar-refractivity contribution in [3.63, 3.8) is 0 Å². The highest BCUT2D eigenvalue weighted by atomic mass is 32.2. The lowest BCUT2D eigenvalue weighted by molar-refractivity contribution is 0.0982. The molecule has 2 aromatic heterocycles. The molecule has 0 radical (unpaired) electrons. The standard InChI is InChI=1S/C11H9NO2S/c1-8(13)10-2-3-11(14-10)15-9-4-6-12-7-5-9/h2-7H,1H3. The molecule has 76 valence electrons. The van der Waals surface area contributed by atoms with Crippen molar-refractivity contribution in [2.24, 2.45) is 0 Å². The summed E-state index contributed by atoms with van der Waals surface area (Å²) in [5, 5.41) is 0.714. The molecule has 0 N–H and O–H groups in total. The Labute approximate surface area is 91.5 Å². The summed E-state index contributed by atoms with van der Waals surface area (Å²) in [6.07, 6.45) is 3.44. The van der Waals surface area contributed by atoms with Gasteiger partial charge in [-0.25, -0.2) is 0 Å². The first kappa shape index (κ1) is 9.98. The lowest BCUT2D eigenvalue weighted by atomic mass is 10.3. The predicted molar refractivity (Wildman–Crippen MR) is 57.1 cm³/mol. The highest BCUT2D eigenvalue weighted by Crippen LogP contribution is 2.28. The monoisotopic (exact) mass is 219 g/mol. The largest absolute Gasteiger partial charge is 0.446 e. The normalized spacial score (nSPS) is 10.2. The molecule has 4 heteroatoms. The average molecular weight is 219 g/mol. The maximum Gasteiger partial charge on any atom is 0.194 e. The van der Waals surface area contributed by atoms with Crippen LogP contribution in [0.25, 0.3) is 0 Å². The van der Waals surface area contributed by atoms with Crippen molar-refractivity contribution in [1.82, 2.24) is 4.98 Å². The number of aromatic nitrogens is 1. The fourth-order valence-electron chi connectivity index (χ4n) is 1.09. The van der Waals surface area contributed by atoms with Gasteiger partial charge in [-0.3, -0.25) is 9.78 Å². The van der Waals surface area contributed by atoms with Crippen molar-refractivity contribution in [3.05, 3.63) is 42.4 Å². The second kappa shape index (κ2) is 4.31. The van der Waals surface area contributed by atoms with E-state index in [-0.39, 0.29) is 5.78 Å². The second-order valence-corrected chi connectivity index (χ2v) is 4.04. The first-order valence-corrected chi connectivity index (χ1v) is 5.26. The lowest BCUT2D eigenvalue weighted by Crippen LogP contribution is -1.85. The topological polar surface area (TPSA) is 43.1 Å². The van der Waals surface area contributed by atoms with E-state index in [1.807, 2.05) is 12.1 Å². The van der Waals surface area contributed by atoms with Gasteiger partial charge in [-0.2, -0.15) is 0 Å². The summed E-state index contributed by atoms with van der Waals surface area (Å²) in [7, 11) is 0. The SMILES string of the molecule is CC(=O)c1ccc(Sc2ccncc2)o1. The highest BCUT2D eigenvalue weighted by molar-refractivity contribution is 7.99. The fourth-order valence-corrected chi connectivity index (χ4v) is 1.84. The Morgan fingerprint density at radius 2 is 2.00 bits per heavy atom. The number of nitrogens with zero attached hydrogens (tertiary/aromatic N) is 1. The van der Waals surface area contributed by atoms with Crippen LogP contribution in [0.4, 0.5) is 0 Å². The maximum atomic E-state index is 11.0. The van der Waals surface area contributed by atoms with Crippen LogP contribution in [0, 0.1) is 0 Å². The molecule has 0 aliphatic rings. The summed E-state index contributed by atoms with van der Waals surface area (Å²) in [5.41, 5.74) is 0. The Bertz CT molecular complexity index is 464. The van der Waals surface area contributed by atoms with Crippen LogP contribution in [0.5, 0.6) is 0 Å². The van der Waals surface area contributed by atoms with Gasteiger partial charge in [0.15, 0.2) is 16.6 Å². The van der Waals surface area contributed by atoms with E-state index in [0.717, 1.165) is 4.90 Å². The fraction of sp³-hybridized carbons (Fsp3) is 0.0909. The molecule has 2 aromatic rings. The molecule has 0 aromatic carbocycles. The molecule has 0 aliphatic carbocycles. The molecule has 0 amide bonds. The van der Waals surface area contributed by atoms with Crippen LogP contribution < -0.4 is 0 Å². The molecule has 0 fully saturated rings. The van der Waals surface area contributed by atoms with Crippen LogP contribution in [0.15, 0.2) is 51.1 Å². The minimum atomic E-state index is -0.0587. The van der Waals surface area contributed by atoms with Crippen molar-refractivity contribution >= 4 is 17.5 Å². The Kier molecular flexibility index (Phi) is 2.87. The molecule has 0 atom stereocenters. The summed E-state index contributed by atoms with van der Waals surface area (Å²) in [6.45, 7) is 1.49. The van der Waals surface area contributed by atoms with Crippen molar-refractivity contribution in [2.45, 2.75) is 16.9 Å². The van der Waals surface area contributed by atoms with E-state index in [4.69, 9.17) is 4.42 Å². The van der Waals surface area contributed by atoms with Gasteiger partial charge >= 0.3 is 0 Å². The molecule has 15 heavy (non-hydrogen) atoms. The molecule has 0 bridgehead atoms.